The summed E-state index contributed by atoms with van der Waals surface area (Å²) in [7, 11) is 1.79. The molecule has 146 valence electrons. The van der Waals surface area contributed by atoms with Gasteiger partial charge in [0, 0.05) is 30.0 Å². The van der Waals surface area contributed by atoms with Crippen LogP contribution < -0.4 is 10.1 Å². The van der Waals surface area contributed by atoms with Crippen LogP contribution in [0.5, 0.6) is 5.75 Å². The molecule has 0 bridgehead atoms. The van der Waals surface area contributed by atoms with Gasteiger partial charge in [-0.1, -0.05) is 29.8 Å². The minimum Gasteiger partial charge on any atom is -0.481 e. The first-order chi connectivity index (χ1) is 13.4. The number of benzene rings is 2. The van der Waals surface area contributed by atoms with E-state index in [-0.39, 0.29) is 5.91 Å². The van der Waals surface area contributed by atoms with Gasteiger partial charge in [-0.3, -0.25) is 4.79 Å². The number of carbonyl (C=O) groups excluding carboxylic acids is 1. The Labute approximate surface area is 168 Å². The minimum absolute atomic E-state index is 0.333. The molecule has 0 saturated heterocycles. The largest absolute Gasteiger partial charge is 0.481 e. The van der Waals surface area contributed by atoms with Crippen LogP contribution in [0.4, 0.5) is 4.39 Å². The number of nitrogens with one attached hydrogen (secondary N) is 1. The number of halogens is 2. The van der Waals surface area contributed by atoms with E-state index in [0.29, 0.717) is 22.2 Å². The summed E-state index contributed by atoms with van der Waals surface area (Å²) in [6.45, 7) is 3.49. The zero-order valence-electron chi connectivity index (χ0n) is 15.8. The molecule has 1 N–H and O–H groups in total. The molecule has 5 nitrogen and oxygen atoms in total. The van der Waals surface area contributed by atoms with Gasteiger partial charge in [0.05, 0.1) is 0 Å². The number of aryl methyl sites for hydroxylation is 2. The minimum atomic E-state index is -0.797. The SMILES string of the molecule is Cc1cc(Cl)ccc1OC(C)C(=O)NC(c1ccccc1F)c1nccn1C. The average molecular weight is 402 g/mol. The molecule has 3 aromatic rings. The van der Waals surface area contributed by atoms with Crippen LogP contribution in [0.1, 0.15) is 29.9 Å². The number of nitrogens with zero attached hydrogens (tertiary/aromatic N) is 2. The van der Waals surface area contributed by atoms with Gasteiger partial charge in [0.1, 0.15) is 23.4 Å². The Bertz CT molecular complexity index is 989. The summed E-state index contributed by atoms with van der Waals surface area (Å²) in [5, 5.41) is 3.45. The molecular weight excluding hydrogens is 381 g/mol. The van der Waals surface area contributed by atoms with E-state index in [4.69, 9.17) is 16.3 Å². The van der Waals surface area contributed by atoms with Gasteiger partial charge in [-0.15, -0.1) is 0 Å². The molecule has 2 unspecified atom stereocenters. The number of rotatable bonds is 6. The molecule has 1 heterocycles. The predicted molar refractivity (Wildman–Crippen MR) is 106 cm³/mol. The van der Waals surface area contributed by atoms with Gasteiger partial charge in [0.2, 0.25) is 0 Å². The van der Waals surface area contributed by atoms with Crippen molar-refractivity contribution in [1.82, 2.24) is 14.9 Å². The summed E-state index contributed by atoms with van der Waals surface area (Å²) in [5.74, 6) is 0.281. The molecular formula is C21H21ClFN3O2. The maximum absolute atomic E-state index is 14.4. The van der Waals surface area contributed by atoms with E-state index in [0.717, 1.165) is 5.56 Å². The Morgan fingerprint density at radius 2 is 2.04 bits per heavy atom. The lowest BCUT2D eigenvalue weighted by molar-refractivity contribution is -0.127. The fourth-order valence-electron chi connectivity index (χ4n) is 2.89. The van der Waals surface area contributed by atoms with Crippen molar-refractivity contribution in [3.05, 3.63) is 82.6 Å². The van der Waals surface area contributed by atoms with Crippen LogP contribution in [-0.2, 0) is 11.8 Å². The highest BCUT2D eigenvalue weighted by molar-refractivity contribution is 6.30. The Kier molecular flexibility index (Phi) is 5.99. The van der Waals surface area contributed by atoms with E-state index in [2.05, 4.69) is 10.3 Å². The van der Waals surface area contributed by atoms with E-state index in [1.807, 2.05) is 6.92 Å². The van der Waals surface area contributed by atoms with Crippen molar-refractivity contribution in [2.45, 2.75) is 26.0 Å². The van der Waals surface area contributed by atoms with Crippen molar-refractivity contribution in [3.8, 4) is 5.75 Å². The van der Waals surface area contributed by atoms with E-state index >= 15 is 0 Å². The highest BCUT2D eigenvalue weighted by Gasteiger charge is 2.26. The molecule has 2 aromatic carbocycles. The van der Waals surface area contributed by atoms with Crippen LogP contribution in [0.25, 0.3) is 0 Å². The number of ether oxygens (including phenoxy) is 1. The second-order valence-electron chi connectivity index (χ2n) is 6.53. The Morgan fingerprint density at radius 1 is 1.29 bits per heavy atom. The van der Waals surface area contributed by atoms with Gasteiger partial charge in [-0.2, -0.15) is 0 Å². The van der Waals surface area contributed by atoms with Crippen LogP contribution in [0.15, 0.2) is 54.9 Å². The van der Waals surface area contributed by atoms with Crippen molar-refractivity contribution in [3.63, 3.8) is 0 Å². The molecule has 0 aliphatic heterocycles. The number of carbonyl (C=O) groups is 1. The van der Waals surface area contributed by atoms with Crippen LogP contribution in [0.3, 0.4) is 0 Å². The number of aromatic nitrogens is 2. The maximum atomic E-state index is 14.4. The van der Waals surface area contributed by atoms with Crippen molar-refractivity contribution >= 4 is 17.5 Å². The zero-order chi connectivity index (χ0) is 20.3. The van der Waals surface area contributed by atoms with Crippen molar-refractivity contribution in [2.75, 3.05) is 0 Å². The number of amides is 1. The highest BCUT2D eigenvalue weighted by atomic mass is 35.5. The summed E-state index contributed by atoms with van der Waals surface area (Å²) in [4.78, 5) is 17.1. The van der Waals surface area contributed by atoms with E-state index in [9.17, 15) is 9.18 Å². The first-order valence-corrected chi connectivity index (χ1v) is 9.19. The normalized spacial score (nSPS) is 13.0. The fraction of sp³-hybridized carbons (Fsp3) is 0.238. The fourth-order valence-corrected chi connectivity index (χ4v) is 3.12. The van der Waals surface area contributed by atoms with E-state index < -0.39 is 18.0 Å². The highest BCUT2D eigenvalue weighted by Crippen LogP contribution is 2.25. The maximum Gasteiger partial charge on any atom is 0.261 e. The topological polar surface area (TPSA) is 56.1 Å². The Hall–Kier alpha value is -2.86. The van der Waals surface area contributed by atoms with Crippen LogP contribution in [0, 0.1) is 12.7 Å². The van der Waals surface area contributed by atoms with Crippen LogP contribution in [-0.4, -0.2) is 21.6 Å². The molecule has 0 fully saturated rings. The van der Waals surface area contributed by atoms with Gasteiger partial charge < -0.3 is 14.6 Å². The van der Waals surface area contributed by atoms with Crippen molar-refractivity contribution in [2.24, 2.45) is 7.05 Å². The predicted octanol–water partition coefficient (Wildman–Crippen LogP) is 4.19. The first-order valence-electron chi connectivity index (χ1n) is 8.81. The summed E-state index contributed by atoms with van der Waals surface area (Å²) < 4.78 is 21.9. The molecule has 0 spiro atoms. The molecule has 0 aliphatic carbocycles. The van der Waals surface area contributed by atoms with E-state index in [1.165, 1.54) is 6.07 Å². The lowest BCUT2D eigenvalue weighted by atomic mass is 10.0. The number of imidazole rings is 1. The van der Waals surface area contributed by atoms with Crippen LogP contribution in [0.2, 0.25) is 5.02 Å². The monoisotopic (exact) mass is 401 g/mol. The molecule has 0 radical (unpaired) electrons. The van der Waals surface area contributed by atoms with E-state index in [1.54, 1.807) is 67.3 Å². The molecule has 7 heteroatoms. The molecule has 28 heavy (non-hydrogen) atoms. The van der Waals surface area contributed by atoms with Gasteiger partial charge in [0.15, 0.2) is 6.10 Å². The number of hydrogen-bond donors (Lipinski definition) is 1. The average Bonchev–Trinajstić information content (AvgIpc) is 3.08. The summed E-state index contributed by atoms with van der Waals surface area (Å²) in [6.07, 6.45) is 2.55. The zero-order valence-corrected chi connectivity index (χ0v) is 16.6. The van der Waals surface area contributed by atoms with Crippen LogP contribution >= 0.6 is 11.6 Å². The molecule has 0 aliphatic rings. The van der Waals surface area contributed by atoms with Crippen molar-refractivity contribution in [1.29, 1.82) is 0 Å². The molecule has 0 saturated carbocycles. The smallest absolute Gasteiger partial charge is 0.261 e. The van der Waals surface area contributed by atoms with Gasteiger partial charge in [-0.05, 0) is 43.7 Å². The van der Waals surface area contributed by atoms with Gasteiger partial charge in [0.25, 0.3) is 5.91 Å². The molecule has 1 aromatic heterocycles. The quantitative estimate of drug-likeness (QED) is 0.673. The third-order valence-electron chi connectivity index (χ3n) is 4.43. The Morgan fingerprint density at radius 3 is 2.68 bits per heavy atom. The second-order valence-corrected chi connectivity index (χ2v) is 6.97. The second kappa shape index (κ2) is 8.44. The first kappa shape index (κ1) is 19.9. The summed E-state index contributed by atoms with van der Waals surface area (Å²) >= 11 is 5.96. The van der Waals surface area contributed by atoms with Gasteiger partial charge >= 0.3 is 0 Å². The molecule has 1 amide bonds. The standard InChI is InChI=1S/C21H21ClFN3O2/c1-13-12-15(22)8-9-18(13)28-14(2)21(27)25-19(20-24-10-11-26(20)3)16-6-4-5-7-17(16)23/h4-12,14,19H,1-3H3,(H,25,27). The molecule has 2 atom stereocenters. The van der Waals surface area contributed by atoms with Gasteiger partial charge in [-0.25, -0.2) is 9.37 Å². The lowest BCUT2D eigenvalue weighted by Gasteiger charge is -2.22. The summed E-state index contributed by atoms with van der Waals surface area (Å²) in [5.41, 5.74) is 1.15. The molecule has 3 rings (SSSR count). The Balaban J connectivity index is 1.83. The lowest BCUT2D eigenvalue weighted by Crippen LogP contribution is -2.40. The third kappa shape index (κ3) is 4.34. The third-order valence-corrected chi connectivity index (χ3v) is 4.66. The summed E-state index contributed by atoms with van der Waals surface area (Å²) in [6, 6.07) is 10.7. The number of hydrogen-bond acceptors (Lipinski definition) is 3. The van der Waals surface area contributed by atoms with Crippen molar-refractivity contribution < 1.29 is 13.9 Å².